The van der Waals surface area contributed by atoms with E-state index >= 15 is 0 Å². The molecule has 1 N–H and O–H groups in total. The van der Waals surface area contributed by atoms with Crippen molar-refractivity contribution in [2.24, 2.45) is 11.8 Å². The first-order valence-electron chi connectivity index (χ1n) is 6.37. The third-order valence-electron chi connectivity index (χ3n) is 3.62. The van der Waals surface area contributed by atoms with Crippen molar-refractivity contribution in [1.29, 1.82) is 0 Å². The van der Waals surface area contributed by atoms with E-state index in [-0.39, 0.29) is 17.9 Å². The minimum atomic E-state index is -3.22. The van der Waals surface area contributed by atoms with Crippen LogP contribution < -0.4 is 4.72 Å². The average Bonchev–Trinajstić information content (AvgIpc) is 2.21. The number of rotatable bonds is 5. The first-order valence-corrected chi connectivity index (χ1v) is 8.02. The molecule has 1 aliphatic rings. The zero-order valence-corrected chi connectivity index (χ0v) is 12.1. The average molecular weight is 263 g/mol. The van der Waals surface area contributed by atoms with Gasteiger partial charge in [0.05, 0.1) is 11.9 Å². The van der Waals surface area contributed by atoms with Gasteiger partial charge in [0.2, 0.25) is 10.0 Å². The van der Waals surface area contributed by atoms with Crippen molar-refractivity contribution in [3.63, 3.8) is 0 Å². The van der Waals surface area contributed by atoms with E-state index in [1.54, 1.807) is 6.92 Å². The summed E-state index contributed by atoms with van der Waals surface area (Å²) in [7, 11) is -1.69. The van der Waals surface area contributed by atoms with Crippen molar-refractivity contribution in [2.45, 2.75) is 52.2 Å². The van der Waals surface area contributed by atoms with Gasteiger partial charge in [-0.25, -0.2) is 13.1 Å². The van der Waals surface area contributed by atoms with Gasteiger partial charge in [-0.1, -0.05) is 13.8 Å². The van der Waals surface area contributed by atoms with E-state index in [9.17, 15) is 8.42 Å². The molecule has 1 rings (SSSR count). The van der Waals surface area contributed by atoms with E-state index in [0.717, 1.165) is 19.3 Å². The second-order valence-electron chi connectivity index (χ2n) is 5.45. The highest BCUT2D eigenvalue weighted by Crippen LogP contribution is 2.28. The van der Waals surface area contributed by atoms with Gasteiger partial charge in [0.1, 0.15) is 0 Å². The minimum Gasteiger partial charge on any atom is -0.381 e. The summed E-state index contributed by atoms with van der Waals surface area (Å²) in [5.74, 6) is 1.18. The minimum absolute atomic E-state index is 0.0439. The molecule has 0 spiro atoms. The van der Waals surface area contributed by atoms with E-state index in [1.165, 1.54) is 7.11 Å². The Kier molecular flexibility index (Phi) is 5.41. The summed E-state index contributed by atoms with van der Waals surface area (Å²) in [5, 5.41) is 0. The van der Waals surface area contributed by atoms with Gasteiger partial charge < -0.3 is 4.74 Å². The van der Waals surface area contributed by atoms with E-state index in [0.29, 0.717) is 11.8 Å². The lowest BCUT2D eigenvalue weighted by Gasteiger charge is -2.33. The van der Waals surface area contributed by atoms with E-state index < -0.39 is 10.0 Å². The molecule has 102 valence electrons. The van der Waals surface area contributed by atoms with Crippen LogP contribution in [0.3, 0.4) is 0 Å². The Morgan fingerprint density at radius 1 is 1.35 bits per heavy atom. The van der Waals surface area contributed by atoms with Gasteiger partial charge in [-0.3, -0.25) is 0 Å². The third kappa shape index (κ3) is 4.94. The predicted molar refractivity (Wildman–Crippen MR) is 69.4 cm³/mol. The summed E-state index contributed by atoms with van der Waals surface area (Å²) in [6.07, 6.45) is 2.90. The Bertz CT molecular complexity index is 329. The van der Waals surface area contributed by atoms with Gasteiger partial charge in [0.15, 0.2) is 0 Å². The Labute approximate surface area is 105 Å². The summed E-state index contributed by atoms with van der Waals surface area (Å²) >= 11 is 0. The highest BCUT2D eigenvalue weighted by molar-refractivity contribution is 7.89. The van der Waals surface area contributed by atoms with Gasteiger partial charge in [0, 0.05) is 13.2 Å². The molecule has 0 saturated heterocycles. The lowest BCUT2D eigenvalue weighted by atomic mass is 9.80. The quantitative estimate of drug-likeness (QED) is 0.822. The van der Waals surface area contributed by atoms with E-state index in [1.807, 2.05) is 0 Å². The number of hydrogen-bond acceptors (Lipinski definition) is 3. The third-order valence-corrected chi connectivity index (χ3v) is 5.19. The fourth-order valence-electron chi connectivity index (χ4n) is 2.50. The van der Waals surface area contributed by atoms with Gasteiger partial charge in [-0.05, 0) is 38.0 Å². The molecule has 1 aliphatic carbocycles. The molecule has 4 atom stereocenters. The van der Waals surface area contributed by atoms with Crippen molar-refractivity contribution in [3.05, 3.63) is 0 Å². The Hall–Kier alpha value is -0.130. The molecule has 0 amide bonds. The van der Waals surface area contributed by atoms with Crippen molar-refractivity contribution in [2.75, 3.05) is 12.9 Å². The van der Waals surface area contributed by atoms with Crippen LogP contribution in [0.5, 0.6) is 0 Å². The Morgan fingerprint density at radius 3 is 2.53 bits per heavy atom. The molecular formula is C12H25NO3S. The summed E-state index contributed by atoms with van der Waals surface area (Å²) < 4.78 is 31.6. The normalized spacial score (nSPS) is 32.4. The van der Waals surface area contributed by atoms with Gasteiger partial charge in [0.25, 0.3) is 0 Å². The zero-order chi connectivity index (χ0) is 13.1. The maximum atomic E-state index is 11.9. The fraction of sp³-hybridized carbons (Fsp3) is 1.00. The van der Waals surface area contributed by atoms with E-state index in [4.69, 9.17) is 4.74 Å². The second-order valence-corrected chi connectivity index (χ2v) is 7.25. The Morgan fingerprint density at radius 2 is 2.00 bits per heavy atom. The SMILES string of the molecule is CO[C@H](C)CS(=O)(=O)N[C@@H]1CC[C@@H](C)C[C@H]1C. The zero-order valence-electron chi connectivity index (χ0n) is 11.3. The molecule has 0 aliphatic heterocycles. The molecule has 0 radical (unpaired) electrons. The molecule has 0 unspecified atom stereocenters. The number of nitrogens with one attached hydrogen (secondary N) is 1. The lowest BCUT2D eigenvalue weighted by molar-refractivity contribution is 0.135. The smallest absolute Gasteiger partial charge is 0.214 e. The molecule has 1 saturated carbocycles. The van der Waals surface area contributed by atoms with Gasteiger partial charge in [-0.15, -0.1) is 0 Å². The fourth-order valence-corrected chi connectivity index (χ4v) is 4.16. The molecule has 0 heterocycles. The van der Waals surface area contributed by atoms with Crippen LogP contribution in [-0.4, -0.2) is 33.4 Å². The van der Waals surface area contributed by atoms with Gasteiger partial charge in [-0.2, -0.15) is 0 Å². The summed E-state index contributed by atoms with van der Waals surface area (Å²) in [4.78, 5) is 0. The maximum absolute atomic E-state index is 11.9. The first kappa shape index (κ1) is 14.9. The van der Waals surface area contributed by atoms with Crippen LogP contribution in [0.2, 0.25) is 0 Å². The summed E-state index contributed by atoms with van der Waals surface area (Å²) in [6.45, 7) is 6.13. The topological polar surface area (TPSA) is 55.4 Å². The molecule has 1 fully saturated rings. The monoisotopic (exact) mass is 263 g/mol. The van der Waals surface area contributed by atoms with Crippen molar-refractivity contribution in [3.8, 4) is 0 Å². The molecule has 0 aromatic carbocycles. The lowest BCUT2D eigenvalue weighted by Crippen LogP contribution is -2.44. The molecule has 0 aromatic rings. The molecular weight excluding hydrogens is 238 g/mol. The molecule has 5 heteroatoms. The van der Waals surface area contributed by atoms with Crippen LogP contribution in [0.25, 0.3) is 0 Å². The van der Waals surface area contributed by atoms with Gasteiger partial charge >= 0.3 is 0 Å². The van der Waals surface area contributed by atoms with E-state index in [2.05, 4.69) is 18.6 Å². The molecule has 0 aromatic heterocycles. The van der Waals surface area contributed by atoms with Crippen LogP contribution in [0, 0.1) is 11.8 Å². The summed E-state index contributed by atoms with van der Waals surface area (Å²) in [6, 6.07) is 0.0975. The maximum Gasteiger partial charge on any atom is 0.214 e. The van der Waals surface area contributed by atoms with Crippen LogP contribution in [-0.2, 0) is 14.8 Å². The standard InChI is InChI=1S/C12H25NO3S/c1-9-5-6-12(10(2)7-9)13-17(14,15)8-11(3)16-4/h9-13H,5-8H2,1-4H3/t9-,10-,11-,12-/m1/s1. The van der Waals surface area contributed by atoms with Crippen LogP contribution >= 0.6 is 0 Å². The molecule has 0 bridgehead atoms. The number of sulfonamides is 1. The Balaban J connectivity index is 2.53. The largest absolute Gasteiger partial charge is 0.381 e. The number of hydrogen-bond donors (Lipinski definition) is 1. The highest BCUT2D eigenvalue weighted by Gasteiger charge is 2.29. The second kappa shape index (κ2) is 6.16. The van der Waals surface area contributed by atoms with Crippen LogP contribution in [0.4, 0.5) is 0 Å². The first-order chi connectivity index (χ1) is 7.84. The number of ether oxygens (including phenoxy) is 1. The van der Waals surface area contributed by atoms with Crippen molar-refractivity contribution < 1.29 is 13.2 Å². The van der Waals surface area contributed by atoms with Crippen LogP contribution in [0.15, 0.2) is 0 Å². The molecule has 17 heavy (non-hydrogen) atoms. The van der Waals surface area contributed by atoms with Crippen molar-refractivity contribution >= 4 is 10.0 Å². The van der Waals surface area contributed by atoms with Crippen LogP contribution in [0.1, 0.15) is 40.0 Å². The summed E-state index contributed by atoms with van der Waals surface area (Å²) in [5.41, 5.74) is 0. The van der Waals surface area contributed by atoms with Crippen molar-refractivity contribution in [1.82, 2.24) is 4.72 Å². The molecule has 4 nitrogen and oxygen atoms in total. The highest BCUT2D eigenvalue weighted by atomic mass is 32.2. The predicted octanol–water partition coefficient (Wildman–Crippen LogP) is 1.77. The number of methoxy groups -OCH3 is 1.